The normalized spacial score (nSPS) is 9.90. The lowest BCUT2D eigenvalue weighted by Crippen LogP contribution is -1.99. The second-order valence-corrected chi connectivity index (χ2v) is 5.01. The maximum atomic E-state index is 13.3. The van der Waals surface area contributed by atoms with Crippen molar-refractivity contribution in [3.8, 4) is 17.6 Å². The maximum absolute atomic E-state index is 13.3. The number of hydrogen-bond acceptors (Lipinski definition) is 2. The van der Waals surface area contributed by atoms with Gasteiger partial charge in [-0.3, -0.25) is 0 Å². The summed E-state index contributed by atoms with van der Waals surface area (Å²) in [5.41, 5.74) is 6.62. The van der Waals surface area contributed by atoms with Crippen molar-refractivity contribution in [1.29, 1.82) is 0 Å². The van der Waals surface area contributed by atoms with Crippen LogP contribution in [0.2, 0.25) is 10.0 Å². The summed E-state index contributed by atoms with van der Waals surface area (Å²) in [7, 11) is 0. The van der Waals surface area contributed by atoms with Gasteiger partial charge >= 0.3 is 0 Å². The van der Waals surface area contributed by atoms with Gasteiger partial charge < -0.3 is 10.5 Å². The van der Waals surface area contributed by atoms with Gasteiger partial charge in [-0.15, -0.1) is 0 Å². The third-order valence-electron chi connectivity index (χ3n) is 2.66. The Morgan fingerprint density at radius 3 is 2.71 bits per heavy atom. The third kappa shape index (κ3) is 4.37. The van der Waals surface area contributed by atoms with E-state index in [0.29, 0.717) is 26.9 Å². The Kier molecular flexibility index (Phi) is 5.46. The predicted molar refractivity (Wildman–Crippen MR) is 83.1 cm³/mol. The Bertz CT molecular complexity index is 707. The van der Waals surface area contributed by atoms with Crippen LogP contribution in [0.5, 0.6) is 5.75 Å². The second kappa shape index (κ2) is 7.33. The number of nitrogens with two attached hydrogens (primary N) is 1. The lowest BCUT2D eigenvalue weighted by molar-refractivity contribution is 0.304. The quantitative estimate of drug-likeness (QED) is 0.866. The summed E-state index contributed by atoms with van der Waals surface area (Å²) in [6.07, 6.45) is 0. The molecule has 0 aliphatic heterocycles. The summed E-state index contributed by atoms with van der Waals surface area (Å²) < 4.78 is 18.9. The first kappa shape index (κ1) is 15.7. The Morgan fingerprint density at radius 2 is 1.95 bits per heavy atom. The summed E-state index contributed by atoms with van der Waals surface area (Å²) in [6, 6.07) is 9.22. The van der Waals surface area contributed by atoms with E-state index in [1.54, 1.807) is 24.3 Å². The van der Waals surface area contributed by atoms with Crippen molar-refractivity contribution in [1.82, 2.24) is 0 Å². The predicted octanol–water partition coefficient (Wildman–Crippen LogP) is 4.02. The van der Waals surface area contributed by atoms with E-state index in [0.717, 1.165) is 0 Å². The van der Waals surface area contributed by atoms with Crippen LogP contribution in [0.25, 0.3) is 0 Å². The molecule has 0 unspecified atom stereocenters. The summed E-state index contributed by atoms with van der Waals surface area (Å²) in [5.74, 6) is 5.49. The second-order valence-electron chi connectivity index (χ2n) is 4.17. The number of halogens is 3. The number of hydrogen-bond donors (Lipinski definition) is 1. The average Bonchev–Trinajstić information content (AvgIpc) is 2.47. The Hall–Kier alpha value is -1.73. The van der Waals surface area contributed by atoms with Gasteiger partial charge in [0.1, 0.15) is 18.2 Å². The van der Waals surface area contributed by atoms with E-state index in [1.165, 1.54) is 12.1 Å². The fourth-order valence-corrected chi connectivity index (χ4v) is 2.04. The molecule has 0 saturated carbocycles. The molecule has 0 radical (unpaired) electrons. The fraction of sp³-hybridized carbons (Fsp3) is 0.125. The zero-order valence-corrected chi connectivity index (χ0v) is 12.5. The minimum atomic E-state index is -0.402. The molecule has 0 aliphatic rings. The smallest absolute Gasteiger partial charge is 0.138 e. The Morgan fingerprint density at radius 1 is 1.14 bits per heavy atom. The lowest BCUT2D eigenvalue weighted by atomic mass is 10.2. The maximum Gasteiger partial charge on any atom is 0.138 e. The molecule has 2 nitrogen and oxygen atoms in total. The standard InChI is InChI=1S/C16H12Cl2FNO/c17-13-4-6-15(18)12(8-13)10-21-16-9-14(19)5-3-11(16)2-1-7-20/h3-6,8-9H,7,10,20H2. The van der Waals surface area contributed by atoms with E-state index < -0.39 is 5.82 Å². The minimum Gasteiger partial charge on any atom is -0.487 e. The molecule has 0 bridgehead atoms. The van der Waals surface area contributed by atoms with Crippen molar-refractivity contribution in [2.45, 2.75) is 6.61 Å². The van der Waals surface area contributed by atoms with E-state index in [4.69, 9.17) is 33.7 Å². The molecule has 21 heavy (non-hydrogen) atoms. The molecule has 2 aromatic carbocycles. The first-order valence-corrected chi connectivity index (χ1v) is 6.91. The van der Waals surface area contributed by atoms with Gasteiger partial charge in [0.05, 0.1) is 12.1 Å². The molecule has 108 valence electrons. The topological polar surface area (TPSA) is 35.2 Å². The lowest BCUT2D eigenvalue weighted by Gasteiger charge is -2.10. The molecule has 0 heterocycles. The molecule has 5 heteroatoms. The van der Waals surface area contributed by atoms with Crippen LogP contribution in [0.3, 0.4) is 0 Å². The molecule has 2 rings (SSSR count). The first-order chi connectivity index (χ1) is 10.1. The highest BCUT2D eigenvalue weighted by molar-refractivity contribution is 6.33. The molecule has 0 fully saturated rings. The zero-order valence-electron chi connectivity index (χ0n) is 11.0. The van der Waals surface area contributed by atoms with Crippen LogP contribution in [0, 0.1) is 17.7 Å². The van der Waals surface area contributed by atoms with Gasteiger partial charge in [0, 0.05) is 21.7 Å². The van der Waals surface area contributed by atoms with Crippen LogP contribution >= 0.6 is 23.2 Å². The first-order valence-electron chi connectivity index (χ1n) is 6.15. The van der Waals surface area contributed by atoms with E-state index in [9.17, 15) is 4.39 Å². The summed E-state index contributed by atoms with van der Waals surface area (Å²) >= 11 is 12.0. The average molecular weight is 324 g/mol. The van der Waals surface area contributed by atoms with Crippen molar-refractivity contribution >= 4 is 23.2 Å². The van der Waals surface area contributed by atoms with E-state index in [1.807, 2.05) is 0 Å². The molecule has 0 spiro atoms. The van der Waals surface area contributed by atoms with Crippen LogP contribution in [0.4, 0.5) is 4.39 Å². The minimum absolute atomic E-state index is 0.167. The van der Waals surface area contributed by atoms with Crippen molar-refractivity contribution in [2.24, 2.45) is 5.73 Å². The van der Waals surface area contributed by atoms with Gasteiger partial charge in [-0.1, -0.05) is 35.0 Å². The monoisotopic (exact) mass is 323 g/mol. The molecular weight excluding hydrogens is 312 g/mol. The van der Waals surface area contributed by atoms with Crippen LogP contribution in [0.1, 0.15) is 11.1 Å². The van der Waals surface area contributed by atoms with Crippen LogP contribution in [0.15, 0.2) is 36.4 Å². The highest BCUT2D eigenvalue weighted by Gasteiger charge is 2.07. The van der Waals surface area contributed by atoms with Crippen molar-refractivity contribution in [3.63, 3.8) is 0 Å². The van der Waals surface area contributed by atoms with E-state index in [-0.39, 0.29) is 13.2 Å². The molecule has 0 aliphatic carbocycles. The van der Waals surface area contributed by atoms with E-state index in [2.05, 4.69) is 11.8 Å². The number of benzene rings is 2. The number of rotatable bonds is 3. The Balaban J connectivity index is 2.23. The van der Waals surface area contributed by atoms with Crippen molar-refractivity contribution in [3.05, 3.63) is 63.4 Å². The SMILES string of the molecule is NCC#Cc1ccc(F)cc1OCc1cc(Cl)ccc1Cl. The van der Waals surface area contributed by atoms with Gasteiger partial charge in [-0.2, -0.15) is 0 Å². The third-order valence-corrected chi connectivity index (χ3v) is 3.26. The zero-order chi connectivity index (χ0) is 15.2. The fourth-order valence-electron chi connectivity index (χ4n) is 1.67. The molecule has 0 atom stereocenters. The van der Waals surface area contributed by atoms with Crippen LogP contribution in [-0.2, 0) is 6.61 Å². The van der Waals surface area contributed by atoms with Crippen molar-refractivity contribution < 1.29 is 9.13 Å². The van der Waals surface area contributed by atoms with Gasteiger partial charge in [-0.25, -0.2) is 4.39 Å². The van der Waals surface area contributed by atoms with Gasteiger partial charge in [-0.05, 0) is 30.3 Å². The van der Waals surface area contributed by atoms with E-state index >= 15 is 0 Å². The molecule has 0 saturated heterocycles. The highest BCUT2D eigenvalue weighted by atomic mass is 35.5. The molecular formula is C16H12Cl2FNO. The van der Waals surface area contributed by atoms with Gasteiger partial charge in [0.2, 0.25) is 0 Å². The van der Waals surface area contributed by atoms with Gasteiger partial charge in [0.25, 0.3) is 0 Å². The molecule has 2 aromatic rings. The van der Waals surface area contributed by atoms with Crippen molar-refractivity contribution in [2.75, 3.05) is 6.54 Å². The Labute approximate surface area is 132 Å². The highest BCUT2D eigenvalue weighted by Crippen LogP contribution is 2.24. The molecule has 2 N–H and O–H groups in total. The number of ether oxygens (including phenoxy) is 1. The molecule has 0 aromatic heterocycles. The van der Waals surface area contributed by atoms with Crippen LogP contribution in [-0.4, -0.2) is 6.54 Å². The molecule has 0 amide bonds. The largest absolute Gasteiger partial charge is 0.487 e. The van der Waals surface area contributed by atoms with Crippen LogP contribution < -0.4 is 10.5 Å². The summed E-state index contributed by atoms with van der Waals surface area (Å²) in [5, 5.41) is 1.09. The van der Waals surface area contributed by atoms with Gasteiger partial charge in [0.15, 0.2) is 0 Å². The summed E-state index contributed by atoms with van der Waals surface area (Å²) in [6.45, 7) is 0.386. The summed E-state index contributed by atoms with van der Waals surface area (Å²) in [4.78, 5) is 0.